The molecule has 0 amide bonds. The van der Waals surface area contributed by atoms with E-state index in [2.05, 4.69) is 24.4 Å². The van der Waals surface area contributed by atoms with Gasteiger partial charge in [0.2, 0.25) is 0 Å². The van der Waals surface area contributed by atoms with E-state index >= 15 is 0 Å². The first kappa shape index (κ1) is 14.2. The molecular formula is C18H18FNS. The molecule has 1 N–H and O–H groups in total. The standard InChI is InChI=1S/C18H18FNS/c1-3-12-8-11-17(21-12)18(20-2)15-9-10-16(19)14-7-5-4-6-13(14)15/h4-11,18,20H,3H2,1-2H3. The summed E-state index contributed by atoms with van der Waals surface area (Å²) in [5.74, 6) is -0.162. The van der Waals surface area contributed by atoms with Crippen LogP contribution in [0.15, 0.2) is 48.5 Å². The molecule has 2 aromatic carbocycles. The van der Waals surface area contributed by atoms with E-state index in [1.54, 1.807) is 6.07 Å². The molecular weight excluding hydrogens is 281 g/mol. The smallest absolute Gasteiger partial charge is 0.131 e. The van der Waals surface area contributed by atoms with Crippen molar-refractivity contribution in [1.29, 1.82) is 0 Å². The minimum atomic E-state index is -0.162. The molecule has 3 rings (SSSR count). The third-order valence-electron chi connectivity index (χ3n) is 3.82. The first-order valence-electron chi connectivity index (χ1n) is 7.17. The molecule has 0 aliphatic rings. The number of halogens is 1. The monoisotopic (exact) mass is 299 g/mol. The number of aryl methyl sites for hydroxylation is 1. The molecule has 1 nitrogen and oxygen atoms in total. The zero-order valence-electron chi connectivity index (χ0n) is 12.2. The number of fused-ring (bicyclic) bond motifs is 1. The molecule has 1 aromatic heterocycles. The van der Waals surface area contributed by atoms with E-state index in [-0.39, 0.29) is 11.9 Å². The molecule has 0 aliphatic carbocycles. The van der Waals surface area contributed by atoms with E-state index in [1.165, 1.54) is 9.75 Å². The Labute approximate surface area is 128 Å². The van der Waals surface area contributed by atoms with E-state index < -0.39 is 0 Å². The lowest BCUT2D eigenvalue weighted by molar-refractivity contribution is 0.637. The molecule has 3 aromatic rings. The van der Waals surface area contributed by atoms with E-state index in [0.717, 1.165) is 17.4 Å². The second-order valence-electron chi connectivity index (χ2n) is 5.06. The normalized spacial score (nSPS) is 12.7. The van der Waals surface area contributed by atoms with Crippen molar-refractivity contribution in [2.24, 2.45) is 0 Å². The predicted molar refractivity (Wildman–Crippen MR) is 88.5 cm³/mol. The Hall–Kier alpha value is -1.71. The Morgan fingerprint density at radius 2 is 1.81 bits per heavy atom. The summed E-state index contributed by atoms with van der Waals surface area (Å²) in [5, 5.41) is 5.03. The van der Waals surface area contributed by atoms with Crippen LogP contribution in [-0.2, 0) is 6.42 Å². The van der Waals surface area contributed by atoms with Crippen molar-refractivity contribution in [3.8, 4) is 0 Å². The molecule has 0 spiro atoms. The van der Waals surface area contributed by atoms with Gasteiger partial charge in [-0.3, -0.25) is 0 Å². The van der Waals surface area contributed by atoms with E-state index in [0.29, 0.717) is 5.39 Å². The maximum Gasteiger partial charge on any atom is 0.131 e. The van der Waals surface area contributed by atoms with Crippen molar-refractivity contribution in [3.05, 3.63) is 69.7 Å². The summed E-state index contributed by atoms with van der Waals surface area (Å²) in [7, 11) is 1.95. The SMILES string of the molecule is CCc1ccc(C(NC)c2ccc(F)c3ccccc23)s1. The van der Waals surface area contributed by atoms with Crippen LogP contribution >= 0.6 is 11.3 Å². The molecule has 1 atom stereocenters. The van der Waals surface area contributed by atoms with Gasteiger partial charge < -0.3 is 5.32 Å². The van der Waals surface area contributed by atoms with Crippen LogP contribution in [0.25, 0.3) is 10.8 Å². The van der Waals surface area contributed by atoms with Crippen LogP contribution < -0.4 is 5.32 Å². The molecule has 0 bridgehead atoms. The maximum absolute atomic E-state index is 14.0. The minimum Gasteiger partial charge on any atom is -0.309 e. The van der Waals surface area contributed by atoms with Gasteiger partial charge in [0.05, 0.1) is 6.04 Å². The van der Waals surface area contributed by atoms with Gasteiger partial charge in [-0.25, -0.2) is 4.39 Å². The van der Waals surface area contributed by atoms with E-state index in [4.69, 9.17) is 0 Å². The lowest BCUT2D eigenvalue weighted by Crippen LogP contribution is -2.16. The number of nitrogens with one attached hydrogen (secondary N) is 1. The van der Waals surface area contributed by atoms with Crippen LogP contribution in [-0.4, -0.2) is 7.05 Å². The van der Waals surface area contributed by atoms with Gasteiger partial charge in [0.15, 0.2) is 0 Å². The summed E-state index contributed by atoms with van der Waals surface area (Å²) in [6, 6.07) is 15.6. The summed E-state index contributed by atoms with van der Waals surface area (Å²) >= 11 is 1.82. The van der Waals surface area contributed by atoms with Gasteiger partial charge in [-0.1, -0.05) is 37.3 Å². The van der Waals surface area contributed by atoms with Gasteiger partial charge in [-0.05, 0) is 42.6 Å². The molecule has 108 valence electrons. The van der Waals surface area contributed by atoms with Crippen LogP contribution in [0.5, 0.6) is 0 Å². The molecule has 0 aliphatic heterocycles. The Balaban J connectivity index is 2.15. The third-order valence-corrected chi connectivity index (χ3v) is 5.11. The molecule has 0 saturated carbocycles. The van der Waals surface area contributed by atoms with Crippen LogP contribution in [0.4, 0.5) is 4.39 Å². The number of rotatable bonds is 4. The molecule has 0 radical (unpaired) electrons. The second kappa shape index (κ2) is 5.96. The number of thiophene rings is 1. The second-order valence-corrected chi connectivity index (χ2v) is 6.26. The highest BCUT2D eigenvalue weighted by molar-refractivity contribution is 7.12. The van der Waals surface area contributed by atoms with E-state index in [1.807, 2.05) is 48.7 Å². The maximum atomic E-state index is 14.0. The molecule has 0 saturated heterocycles. The van der Waals surface area contributed by atoms with Gasteiger partial charge in [-0.15, -0.1) is 11.3 Å². The highest BCUT2D eigenvalue weighted by Crippen LogP contribution is 2.33. The van der Waals surface area contributed by atoms with Gasteiger partial charge in [0, 0.05) is 15.1 Å². The molecule has 3 heteroatoms. The average molecular weight is 299 g/mol. The van der Waals surface area contributed by atoms with Crippen LogP contribution in [0, 0.1) is 5.82 Å². The lowest BCUT2D eigenvalue weighted by Gasteiger charge is -2.18. The first-order chi connectivity index (χ1) is 10.2. The summed E-state index contributed by atoms with van der Waals surface area (Å²) in [5.41, 5.74) is 1.12. The Morgan fingerprint density at radius 3 is 2.48 bits per heavy atom. The largest absolute Gasteiger partial charge is 0.309 e. The Morgan fingerprint density at radius 1 is 1.05 bits per heavy atom. The molecule has 0 fully saturated rings. The highest BCUT2D eigenvalue weighted by atomic mass is 32.1. The van der Waals surface area contributed by atoms with Crippen LogP contribution in [0.3, 0.4) is 0 Å². The van der Waals surface area contributed by atoms with Crippen molar-refractivity contribution in [2.75, 3.05) is 7.05 Å². The van der Waals surface area contributed by atoms with Gasteiger partial charge in [-0.2, -0.15) is 0 Å². The fraction of sp³-hybridized carbons (Fsp3) is 0.222. The number of hydrogen-bond acceptors (Lipinski definition) is 2. The predicted octanol–water partition coefficient (Wildman–Crippen LogP) is 4.91. The van der Waals surface area contributed by atoms with E-state index in [9.17, 15) is 4.39 Å². The summed E-state index contributed by atoms with van der Waals surface area (Å²) in [6.07, 6.45) is 1.05. The topological polar surface area (TPSA) is 12.0 Å². The fourth-order valence-corrected chi connectivity index (χ4v) is 3.81. The lowest BCUT2D eigenvalue weighted by atomic mass is 9.97. The third kappa shape index (κ3) is 2.59. The Bertz CT molecular complexity index is 763. The van der Waals surface area contributed by atoms with Gasteiger partial charge in [0.25, 0.3) is 0 Å². The zero-order chi connectivity index (χ0) is 14.8. The zero-order valence-corrected chi connectivity index (χ0v) is 13.0. The van der Waals surface area contributed by atoms with Crippen molar-refractivity contribution in [1.82, 2.24) is 5.32 Å². The summed E-state index contributed by atoms with van der Waals surface area (Å²) in [6.45, 7) is 2.16. The Kier molecular flexibility index (Phi) is 4.04. The summed E-state index contributed by atoms with van der Waals surface area (Å²) < 4.78 is 14.0. The fourth-order valence-electron chi connectivity index (χ4n) is 2.73. The molecule has 21 heavy (non-hydrogen) atoms. The number of benzene rings is 2. The van der Waals surface area contributed by atoms with Crippen molar-refractivity contribution in [2.45, 2.75) is 19.4 Å². The summed E-state index contributed by atoms with van der Waals surface area (Å²) in [4.78, 5) is 2.64. The van der Waals surface area contributed by atoms with Crippen molar-refractivity contribution >= 4 is 22.1 Å². The van der Waals surface area contributed by atoms with Crippen LogP contribution in [0.1, 0.15) is 28.3 Å². The first-order valence-corrected chi connectivity index (χ1v) is 7.99. The van der Waals surface area contributed by atoms with Crippen molar-refractivity contribution in [3.63, 3.8) is 0 Å². The molecule has 1 unspecified atom stereocenters. The highest BCUT2D eigenvalue weighted by Gasteiger charge is 2.17. The van der Waals surface area contributed by atoms with Gasteiger partial charge >= 0.3 is 0 Å². The van der Waals surface area contributed by atoms with Crippen molar-refractivity contribution < 1.29 is 4.39 Å². The quantitative estimate of drug-likeness (QED) is 0.721. The van der Waals surface area contributed by atoms with Gasteiger partial charge in [0.1, 0.15) is 5.82 Å². The average Bonchev–Trinajstić information content (AvgIpc) is 2.99. The minimum absolute atomic E-state index is 0.0980. The number of hydrogen-bond donors (Lipinski definition) is 1. The van der Waals surface area contributed by atoms with Crippen LogP contribution in [0.2, 0.25) is 0 Å². The molecule has 1 heterocycles.